The summed E-state index contributed by atoms with van der Waals surface area (Å²) in [4.78, 5) is 0. The van der Waals surface area contributed by atoms with Crippen molar-refractivity contribution >= 4 is 28.9 Å². The summed E-state index contributed by atoms with van der Waals surface area (Å²) < 4.78 is 0. The van der Waals surface area contributed by atoms with Crippen molar-refractivity contribution in [1.82, 2.24) is 5.32 Å². The molecule has 0 radical (unpaired) electrons. The van der Waals surface area contributed by atoms with Gasteiger partial charge in [-0.3, -0.25) is 0 Å². The van der Waals surface area contributed by atoms with Gasteiger partial charge in [-0.05, 0) is 50.0 Å². The number of rotatable bonds is 4. The van der Waals surface area contributed by atoms with Gasteiger partial charge >= 0.3 is 0 Å². The van der Waals surface area contributed by atoms with Crippen LogP contribution in [-0.2, 0) is 0 Å². The molecule has 2 nitrogen and oxygen atoms in total. The Morgan fingerprint density at radius 3 is 3.00 bits per heavy atom. The van der Waals surface area contributed by atoms with Crippen molar-refractivity contribution in [2.75, 3.05) is 25.0 Å². The number of anilines is 1. The van der Waals surface area contributed by atoms with E-state index in [0.29, 0.717) is 0 Å². The van der Waals surface area contributed by atoms with Crippen LogP contribution in [0.5, 0.6) is 0 Å². The van der Waals surface area contributed by atoms with Gasteiger partial charge in [-0.2, -0.15) is 0 Å². The molecule has 1 aromatic rings. The van der Waals surface area contributed by atoms with Crippen LogP contribution < -0.4 is 10.6 Å². The molecular formula is C12H16Cl2N2. The minimum Gasteiger partial charge on any atom is -0.384 e. The number of hydrogen-bond acceptors (Lipinski definition) is 2. The molecule has 1 fully saturated rings. The SMILES string of the molecule is Clc1ccc(Cl)c(NCCC2CCNC2)c1. The molecule has 1 saturated heterocycles. The first-order chi connectivity index (χ1) is 7.75. The lowest BCUT2D eigenvalue weighted by molar-refractivity contribution is 0.549. The Hall–Kier alpha value is -0.440. The minimum absolute atomic E-state index is 0.717. The Bertz CT molecular complexity index is 349. The minimum atomic E-state index is 0.717. The van der Waals surface area contributed by atoms with Crippen molar-refractivity contribution in [1.29, 1.82) is 0 Å². The third-order valence-corrected chi connectivity index (χ3v) is 3.52. The maximum Gasteiger partial charge on any atom is 0.0638 e. The van der Waals surface area contributed by atoms with Gasteiger partial charge in [-0.15, -0.1) is 0 Å². The molecule has 2 rings (SSSR count). The first-order valence-electron chi connectivity index (χ1n) is 5.65. The number of halogens is 2. The molecule has 1 aromatic carbocycles. The second-order valence-electron chi connectivity index (χ2n) is 4.20. The molecule has 1 unspecified atom stereocenters. The van der Waals surface area contributed by atoms with E-state index in [-0.39, 0.29) is 0 Å². The molecule has 0 aromatic heterocycles. The molecule has 0 spiro atoms. The number of benzene rings is 1. The van der Waals surface area contributed by atoms with Crippen LogP contribution in [0.3, 0.4) is 0 Å². The van der Waals surface area contributed by atoms with Gasteiger partial charge < -0.3 is 10.6 Å². The van der Waals surface area contributed by atoms with Gasteiger partial charge in [0.2, 0.25) is 0 Å². The summed E-state index contributed by atoms with van der Waals surface area (Å²) >= 11 is 12.0. The van der Waals surface area contributed by atoms with Crippen LogP contribution in [0.4, 0.5) is 5.69 Å². The molecule has 88 valence electrons. The lowest BCUT2D eigenvalue weighted by atomic mass is 10.1. The van der Waals surface area contributed by atoms with E-state index in [1.165, 1.54) is 12.8 Å². The standard InChI is InChI=1S/C12H16Cl2N2/c13-10-1-2-11(14)12(7-10)16-6-4-9-3-5-15-8-9/h1-2,7,9,15-16H,3-6,8H2. The summed E-state index contributed by atoms with van der Waals surface area (Å²) in [6.45, 7) is 3.25. The third-order valence-electron chi connectivity index (χ3n) is 2.96. The van der Waals surface area contributed by atoms with Crippen LogP contribution in [0.2, 0.25) is 10.0 Å². The van der Waals surface area contributed by atoms with E-state index < -0.39 is 0 Å². The fourth-order valence-corrected chi connectivity index (χ4v) is 2.36. The van der Waals surface area contributed by atoms with E-state index >= 15 is 0 Å². The average molecular weight is 259 g/mol. The molecule has 0 bridgehead atoms. The largest absolute Gasteiger partial charge is 0.384 e. The molecule has 0 saturated carbocycles. The van der Waals surface area contributed by atoms with Gasteiger partial charge in [-0.25, -0.2) is 0 Å². The third kappa shape index (κ3) is 3.27. The average Bonchev–Trinajstić information content (AvgIpc) is 2.76. The van der Waals surface area contributed by atoms with E-state index in [9.17, 15) is 0 Å². The van der Waals surface area contributed by atoms with Crippen LogP contribution in [-0.4, -0.2) is 19.6 Å². The normalized spacial score (nSPS) is 20.0. The fraction of sp³-hybridized carbons (Fsp3) is 0.500. The Morgan fingerprint density at radius 1 is 1.38 bits per heavy atom. The van der Waals surface area contributed by atoms with Crippen molar-refractivity contribution in [2.24, 2.45) is 5.92 Å². The van der Waals surface area contributed by atoms with Crippen LogP contribution in [0.15, 0.2) is 18.2 Å². The summed E-state index contributed by atoms with van der Waals surface area (Å²) in [5, 5.41) is 8.15. The van der Waals surface area contributed by atoms with E-state index in [0.717, 1.165) is 41.3 Å². The van der Waals surface area contributed by atoms with Gasteiger partial charge in [0.15, 0.2) is 0 Å². The Labute approximate surface area is 106 Å². The second kappa shape index (κ2) is 5.76. The molecule has 1 heterocycles. The Balaban J connectivity index is 1.82. The summed E-state index contributed by atoms with van der Waals surface area (Å²) in [7, 11) is 0. The highest BCUT2D eigenvalue weighted by atomic mass is 35.5. The zero-order valence-electron chi connectivity index (χ0n) is 9.10. The quantitative estimate of drug-likeness (QED) is 0.865. The van der Waals surface area contributed by atoms with Crippen molar-refractivity contribution in [3.8, 4) is 0 Å². The maximum atomic E-state index is 6.06. The summed E-state index contributed by atoms with van der Waals surface area (Å²) in [5.41, 5.74) is 0.931. The summed E-state index contributed by atoms with van der Waals surface area (Å²) in [6, 6.07) is 5.50. The van der Waals surface area contributed by atoms with Gasteiger partial charge in [0.1, 0.15) is 0 Å². The molecule has 4 heteroatoms. The highest BCUT2D eigenvalue weighted by Gasteiger charge is 2.13. The predicted molar refractivity (Wildman–Crippen MR) is 70.5 cm³/mol. The van der Waals surface area contributed by atoms with Crippen LogP contribution >= 0.6 is 23.2 Å². The van der Waals surface area contributed by atoms with Crippen molar-refractivity contribution in [3.63, 3.8) is 0 Å². The lowest BCUT2D eigenvalue weighted by Crippen LogP contribution is -2.12. The van der Waals surface area contributed by atoms with Crippen LogP contribution in [0.25, 0.3) is 0 Å². The second-order valence-corrected chi connectivity index (χ2v) is 5.04. The Morgan fingerprint density at radius 2 is 2.25 bits per heavy atom. The van der Waals surface area contributed by atoms with Gasteiger partial charge in [-0.1, -0.05) is 23.2 Å². The molecule has 1 aliphatic rings. The van der Waals surface area contributed by atoms with E-state index in [2.05, 4.69) is 10.6 Å². The Kier molecular flexibility index (Phi) is 4.33. The van der Waals surface area contributed by atoms with Crippen molar-refractivity contribution in [3.05, 3.63) is 28.2 Å². The van der Waals surface area contributed by atoms with E-state index in [1.807, 2.05) is 12.1 Å². The van der Waals surface area contributed by atoms with Crippen molar-refractivity contribution < 1.29 is 0 Å². The summed E-state index contributed by atoms with van der Waals surface area (Å²) in [6.07, 6.45) is 2.46. The van der Waals surface area contributed by atoms with Gasteiger partial charge in [0, 0.05) is 11.6 Å². The summed E-state index contributed by atoms with van der Waals surface area (Å²) in [5.74, 6) is 0.797. The lowest BCUT2D eigenvalue weighted by Gasteiger charge is -2.11. The molecule has 1 atom stereocenters. The maximum absolute atomic E-state index is 6.06. The molecule has 2 N–H and O–H groups in total. The smallest absolute Gasteiger partial charge is 0.0638 e. The molecule has 16 heavy (non-hydrogen) atoms. The first kappa shape index (κ1) is 12.0. The van der Waals surface area contributed by atoms with Gasteiger partial charge in [0.05, 0.1) is 10.7 Å². The zero-order valence-corrected chi connectivity index (χ0v) is 10.6. The molecule has 0 aliphatic carbocycles. The number of hydrogen-bond donors (Lipinski definition) is 2. The first-order valence-corrected chi connectivity index (χ1v) is 6.41. The van der Waals surface area contributed by atoms with Crippen molar-refractivity contribution in [2.45, 2.75) is 12.8 Å². The monoisotopic (exact) mass is 258 g/mol. The molecular weight excluding hydrogens is 243 g/mol. The van der Waals surface area contributed by atoms with Gasteiger partial charge in [0.25, 0.3) is 0 Å². The van der Waals surface area contributed by atoms with Crippen LogP contribution in [0, 0.1) is 5.92 Å². The van der Waals surface area contributed by atoms with Crippen LogP contribution in [0.1, 0.15) is 12.8 Å². The predicted octanol–water partition coefficient (Wildman–Crippen LogP) is 3.40. The molecule has 0 amide bonds. The fourth-order valence-electron chi connectivity index (χ4n) is 2.00. The number of nitrogens with one attached hydrogen (secondary N) is 2. The molecule has 1 aliphatic heterocycles. The van der Waals surface area contributed by atoms with E-state index in [1.54, 1.807) is 6.07 Å². The highest BCUT2D eigenvalue weighted by molar-refractivity contribution is 6.35. The zero-order chi connectivity index (χ0) is 11.4. The highest BCUT2D eigenvalue weighted by Crippen LogP contribution is 2.25. The topological polar surface area (TPSA) is 24.1 Å². The van der Waals surface area contributed by atoms with E-state index in [4.69, 9.17) is 23.2 Å².